The molecule has 0 saturated carbocycles. The molecular formula is C21H22ClN3. The lowest BCUT2D eigenvalue weighted by Crippen LogP contribution is -2.35. The number of allylic oxidation sites excluding steroid dienone is 1. The number of fused-ring (bicyclic) bond motifs is 3. The van der Waals surface area contributed by atoms with Crippen LogP contribution >= 0.6 is 11.6 Å². The molecule has 0 amide bonds. The van der Waals surface area contributed by atoms with Crippen LogP contribution in [0.4, 0.5) is 0 Å². The molecule has 4 heteroatoms. The highest BCUT2D eigenvalue weighted by atomic mass is 35.5. The van der Waals surface area contributed by atoms with Crippen molar-refractivity contribution in [3.05, 3.63) is 64.6 Å². The highest BCUT2D eigenvalue weighted by Gasteiger charge is 2.26. The molecule has 0 saturated heterocycles. The molecule has 1 aliphatic heterocycles. The van der Waals surface area contributed by atoms with E-state index in [9.17, 15) is 0 Å². The van der Waals surface area contributed by atoms with Gasteiger partial charge in [0.25, 0.3) is 0 Å². The summed E-state index contributed by atoms with van der Waals surface area (Å²) in [7, 11) is 2.19. The molecule has 0 N–H and O–H groups in total. The lowest BCUT2D eigenvalue weighted by Gasteiger charge is -2.30. The third-order valence-corrected chi connectivity index (χ3v) is 5.52. The van der Waals surface area contributed by atoms with Crippen LogP contribution in [-0.2, 0) is 13.0 Å². The van der Waals surface area contributed by atoms with Crippen molar-refractivity contribution in [3.8, 4) is 0 Å². The Labute approximate surface area is 153 Å². The molecule has 4 rings (SSSR count). The zero-order valence-corrected chi connectivity index (χ0v) is 15.6. The van der Waals surface area contributed by atoms with Crippen molar-refractivity contribution in [2.24, 2.45) is 0 Å². The van der Waals surface area contributed by atoms with Crippen LogP contribution in [-0.4, -0.2) is 27.5 Å². The van der Waals surface area contributed by atoms with Crippen LogP contribution in [0.1, 0.15) is 30.7 Å². The minimum Gasteiger partial charge on any atom is -0.320 e. The molecule has 1 atom stereocenters. The molecule has 0 radical (unpaired) electrons. The van der Waals surface area contributed by atoms with E-state index in [0.717, 1.165) is 18.0 Å². The molecular weight excluding hydrogens is 330 g/mol. The van der Waals surface area contributed by atoms with Crippen molar-refractivity contribution < 1.29 is 0 Å². The summed E-state index contributed by atoms with van der Waals surface area (Å²) in [5.41, 5.74) is 6.45. The summed E-state index contributed by atoms with van der Waals surface area (Å²) in [5.74, 6) is 0. The van der Waals surface area contributed by atoms with E-state index < -0.39 is 0 Å². The van der Waals surface area contributed by atoms with E-state index in [1.807, 2.05) is 18.5 Å². The maximum atomic E-state index is 6.29. The molecule has 0 spiro atoms. The van der Waals surface area contributed by atoms with E-state index in [1.165, 1.54) is 33.3 Å². The Kier molecular flexibility index (Phi) is 4.14. The Morgan fingerprint density at radius 1 is 1.24 bits per heavy atom. The van der Waals surface area contributed by atoms with Crippen molar-refractivity contribution in [1.29, 1.82) is 0 Å². The predicted octanol–water partition coefficient (Wildman–Crippen LogP) is 5.08. The smallest absolute Gasteiger partial charge is 0.0529 e. The van der Waals surface area contributed by atoms with Gasteiger partial charge in [-0.1, -0.05) is 11.6 Å². The second-order valence-electron chi connectivity index (χ2n) is 6.97. The number of halogens is 1. The van der Waals surface area contributed by atoms with Gasteiger partial charge < -0.3 is 4.57 Å². The molecule has 2 aromatic heterocycles. The van der Waals surface area contributed by atoms with Gasteiger partial charge in [0, 0.05) is 53.7 Å². The average molecular weight is 352 g/mol. The first-order valence-electron chi connectivity index (χ1n) is 8.65. The third kappa shape index (κ3) is 2.88. The summed E-state index contributed by atoms with van der Waals surface area (Å²) >= 11 is 6.29. The number of hydrogen-bond acceptors (Lipinski definition) is 2. The molecule has 0 fully saturated rings. The van der Waals surface area contributed by atoms with Crippen molar-refractivity contribution in [2.75, 3.05) is 7.05 Å². The molecule has 1 aromatic carbocycles. The molecule has 0 aliphatic carbocycles. The van der Waals surface area contributed by atoms with E-state index >= 15 is 0 Å². The van der Waals surface area contributed by atoms with Crippen LogP contribution in [0, 0.1) is 0 Å². The van der Waals surface area contributed by atoms with Crippen LogP contribution in [0.3, 0.4) is 0 Å². The number of aromatic nitrogens is 2. The first kappa shape index (κ1) is 16.4. The summed E-state index contributed by atoms with van der Waals surface area (Å²) < 4.78 is 2.36. The van der Waals surface area contributed by atoms with Gasteiger partial charge >= 0.3 is 0 Å². The number of rotatable bonds is 2. The Hall–Kier alpha value is -2.10. The summed E-state index contributed by atoms with van der Waals surface area (Å²) in [6, 6.07) is 10.9. The van der Waals surface area contributed by atoms with Gasteiger partial charge in [0.15, 0.2) is 0 Å². The quantitative estimate of drug-likeness (QED) is 0.641. The van der Waals surface area contributed by atoms with Gasteiger partial charge in [-0.05, 0) is 67.9 Å². The first-order valence-corrected chi connectivity index (χ1v) is 9.02. The van der Waals surface area contributed by atoms with Crippen molar-refractivity contribution in [2.45, 2.75) is 32.9 Å². The lowest BCUT2D eigenvalue weighted by atomic mass is 10.00. The Morgan fingerprint density at radius 2 is 2.00 bits per heavy atom. The minimum absolute atomic E-state index is 0.528. The maximum Gasteiger partial charge on any atom is 0.0529 e. The normalized spacial score (nSPS) is 18.6. The van der Waals surface area contributed by atoms with Crippen molar-refractivity contribution in [3.63, 3.8) is 0 Å². The SMILES string of the molecule is CC(=Cn1c2c(c3cc(Cl)ccc31)CN(C)C(C)C2)c1ccncc1. The Morgan fingerprint density at radius 3 is 2.76 bits per heavy atom. The fraction of sp³-hybridized carbons (Fsp3) is 0.286. The number of hydrogen-bond donors (Lipinski definition) is 0. The van der Waals surface area contributed by atoms with Crippen LogP contribution < -0.4 is 0 Å². The molecule has 3 heterocycles. The lowest BCUT2D eigenvalue weighted by molar-refractivity contribution is 0.230. The summed E-state index contributed by atoms with van der Waals surface area (Å²) in [6.07, 6.45) is 6.97. The van der Waals surface area contributed by atoms with E-state index in [1.54, 1.807) is 0 Å². The van der Waals surface area contributed by atoms with Crippen molar-refractivity contribution >= 4 is 34.3 Å². The van der Waals surface area contributed by atoms with Crippen molar-refractivity contribution in [1.82, 2.24) is 14.5 Å². The highest BCUT2D eigenvalue weighted by Crippen LogP contribution is 2.35. The molecule has 3 aromatic rings. The minimum atomic E-state index is 0.528. The summed E-state index contributed by atoms with van der Waals surface area (Å²) in [6.45, 7) is 5.40. The number of pyridine rings is 1. The molecule has 25 heavy (non-hydrogen) atoms. The van der Waals surface area contributed by atoms with Gasteiger partial charge in [0.05, 0.1) is 5.52 Å². The van der Waals surface area contributed by atoms with E-state index in [0.29, 0.717) is 6.04 Å². The van der Waals surface area contributed by atoms with E-state index in [4.69, 9.17) is 11.6 Å². The zero-order chi connectivity index (χ0) is 17.6. The van der Waals surface area contributed by atoms with Gasteiger partial charge in [-0.2, -0.15) is 0 Å². The molecule has 1 unspecified atom stereocenters. The number of likely N-dealkylation sites (N-methyl/N-ethyl adjacent to an activating group) is 1. The van der Waals surface area contributed by atoms with E-state index in [2.05, 4.69) is 65.8 Å². The average Bonchev–Trinajstić information content (AvgIpc) is 2.89. The fourth-order valence-electron chi connectivity index (χ4n) is 3.68. The molecule has 1 aliphatic rings. The first-order chi connectivity index (χ1) is 12.0. The van der Waals surface area contributed by atoms with Gasteiger partial charge in [0.2, 0.25) is 0 Å². The molecule has 128 valence electrons. The number of nitrogens with zero attached hydrogens (tertiary/aromatic N) is 3. The molecule has 0 bridgehead atoms. The second-order valence-corrected chi connectivity index (χ2v) is 7.41. The zero-order valence-electron chi connectivity index (χ0n) is 14.8. The Bertz CT molecular complexity index is 956. The highest BCUT2D eigenvalue weighted by molar-refractivity contribution is 6.31. The predicted molar refractivity (Wildman–Crippen MR) is 106 cm³/mol. The third-order valence-electron chi connectivity index (χ3n) is 5.29. The summed E-state index contributed by atoms with van der Waals surface area (Å²) in [5, 5.41) is 2.06. The second kappa shape index (κ2) is 6.32. The van der Waals surface area contributed by atoms with Crippen LogP contribution in [0.15, 0.2) is 42.7 Å². The van der Waals surface area contributed by atoms with Gasteiger partial charge in [-0.3, -0.25) is 9.88 Å². The van der Waals surface area contributed by atoms with Crippen LogP contribution in [0.5, 0.6) is 0 Å². The fourth-order valence-corrected chi connectivity index (χ4v) is 3.85. The topological polar surface area (TPSA) is 21.1 Å². The van der Waals surface area contributed by atoms with E-state index in [-0.39, 0.29) is 0 Å². The monoisotopic (exact) mass is 351 g/mol. The maximum absolute atomic E-state index is 6.29. The standard InChI is InChI=1S/C21H22ClN3/c1-14(16-6-8-23-9-7-16)12-25-20-5-4-17(22)11-18(20)19-13-24(3)15(2)10-21(19)25/h4-9,11-12,15H,10,13H2,1-3H3. The van der Waals surface area contributed by atoms with Gasteiger partial charge in [-0.25, -0.2) is 0 Å². The number of benzene rings is 1. The Balaban J connectivity index is 1.93. The van der Waals surface area contributed by atoms with Crippen LogP contribution in [0.25, 0.3) is 22.7 Å². The van der Waals surface area contributed by atoms with Crippen LogP contribution in [0.2, 0.25) is 5.02 Å². The van der Waals surface area contributed by atoms with Gasteiger partial charge in [0.1, 0.15) is 0 Å². The summed E-state index contributed by atoms with van der Waals surface area (Å²) in [4.78, 5) is 6.53. The van der Waals surface area contributed by atoms with Gasteiger partial charge in [-0.15, -0.1) is 0 Å². The molecule has 3 nitrogen and oxygen atoms in total. The largest absolute Gasteiger partial charge is 0.320 e.